The predicted octanol–water partition coefficient (Wildman–Crippen LogP) is 2.82. The Labute approximate surface area is 182 Å². The number of benzene rings is 2. The van der Waals surface area contributed by atoms with Crippen molar-refractivity contribution in [3.05, 3.63) is 65.2 Å². The largest absolute Gasteiger partial charge is 0.452 e. The lowest BCUT2D eigenvalue weighted by Crippen LogP contribution is -2.34. The summed E-state index contributed by atoms with van der Waals surface area (Å²) in [5, 5.41) is 2.94. The fourth-order valence-electron chi connectivity index (χ4n) is 4.19. The molecule has 0 saturated carbocycles. The molecule has 1 heterocycles. The number of sulfonamides is 1. The van der Waals surface area contributed by atoms with Gasteiger partial charge in [-0.05, 0) is 67.5 Å². The summed E-state index contributed by atoms with van der Waals surface area (Å²) in [4.78, 5) is 24.8. The second-order valence-electron chi connectivity index (χ2n) is 7.92. The van der Waals surface area contributed by atoms with Gasteiger partial charge >= 0.3 is 5.97 Å². The average Bonchev–Trinajstić information content (AvgIpc) is 3.34. The first kappa shape index (κ1) is 21.5. The Balaban J connectivity index is 1.32. The van der Waals surface area contributed by atoms with Crippen LogP contribution in [0.15, 0.2) is 53.4 Å². The number of nitrogens with one attached hydrogen (secondary N) is 1. The van der Waals surface area contributed by atoms with Gasteiger partial charge in [0.2, 0.25) is 10.0 Å². The lowest BCUT2D eigenvalue weighted by molar-refractivity contribution is -0.125. The summed E-state index contributed by atoms with van der Waals surface area (Å²) >= 11 is 0. The van der Waals surface area contributed by atoms with Crippen LogP contribution in [0.4, 0.5) is 0 Å². The Bertz CT molecular complexity index is 1060. The van der Waals surface area contributed by atoms with E-state index in [1.807, 2.05) is 18.2 Å². The summed E-state index contributed by atoms with van der Waals surface area (Å²) in [6, 6.07) is 13.6. The van der Waals surface area contributed by atoms with Crippen molar-refractivity contribution >= 4 is 21.9 Å². The van der Waals surface area contributed by atoms with Gasteiger partial charge in [0.1, 0.15) is 0 Å². The van der Waals surface area contributed by atoms with Crippen LogP contribution in [0.5, 0.6) is 0 Å². The van der Waals surface area contributed by atoms with E-state index in [1.54, 1.807) is 0 Å². The molecule has 0 aromatic heterocycles. The van der Waals surface area contributed by atoms with Gasteiger partial charge in [-0.15, -0.1) is 0 Å². The number of hydrogen-bond donors (Lipinski definition) is 1. The molecule has 1 saturated heterocycles. The van der Waals surface area contributed by atoms with Gasteiger partial charge in [0.05, 0.1) is 16.5 Å². The number of nitrogens with zero attached hydrogens (tertiary/aromatic N) is 1. The van der Waals surface area contributed by atoms with Crippen molar-refractivity contribution in [3.63, 3.8) is 0 Å². The summed E-state index contributed by atoms with van der Waals surface area (Å²) < 4.78 is 31.7. The normalized spacial score (nSPS) is 18.9. The molecule has 2 aromatic carbocycles. The third kappa shape index (κ3) is 4.80. The van der Waals surface area contributed by atoms with Gasteiger partial charge in [-0.25, -0.2) is 13.2 Å². The number of esters is 1. The van der Waals surface area contributed by atoms with Gasteiger partial charge < -0.3 is 10.1 Å². The van der Waals surface area contributed by atoms with E-state index < -0.39 is 16.0 Å². The molecule has 8 heteroatoms. The molecule has 1 fully saturated rings. The molecule has 0 bridgehead atoms. The monoisotopic (exact) mass is 442 g/mol. The van der Waals surface area contributed by atoms with Gasteiger partial charge in [0, 0.05) is 13.1 Å². The molecule has 1 N–H and O–H groups in total. The van der Waals surface area contributed by atoms with Crippen molar-refractivity contribution < 1.29 is 22.7 Å². The number of amides is 1. The zero-order chi connectivity index (χ0) is 21.8. The molecule has 31 heavy (non-hydrogen) atoms. The number of aryl methyl sites for hydroxylation is 1. The van der Waals surface area contributed by atoms with Crippen LogP contribution in [-0.2, 0) is 26.0 Å². The summed E-state index contributed by atoms with van der Waals surface area (Å²) in [5.74, 6) is -1.02. The number of rotatable bonds is 6. The van der Waals surface area contributed by atoms with Crippen LogP contribution in [0, 0.1) is 0 Å². The first-order valence-electron chi connectivity index (χ1n) is 10.6. The Morgan fingerprint density at radius 2 is 1.71 bits per heavy atom. The first-order chi connectivity index (χ1) is 14.9. The summed E-state index contributed by atoms with van der Waals surface area (Å²) in [7, 11) is -3.53. The number of carbonyl (C=O) groups excluding carboxylic acids is 2. The molecule has 1 aliphatic heterocycles. The predicted molar refractivity (Wildman–Crippen MR) is 115 cm³/mol. The van der Waals surface area contributed by atoms with Crippen LogP contribution < -0.4 is 5.32 Å². The number of fused-ring (bicyclic) bond motifs is 1. The van der Waals surface area contributed by atoms with E-state index in [9.17, 15) is 18.0 Å². The molecule has 4 rings (SSSR count). The van der Waals surface area contributed by atoms with Crippen molar-refractivity contribution in [2.75, 3.05) is 19.7 Å². The maximum atomic E-state index is 12.6. The molecule has 7 nitrogen and oxygen atoms in total. The minimum absolute atomic E-state index is 0.0776. The smallest absolute Gasteiger partial charge is 0.338 e. The fourth-order valence-corrected chi connectivity index (χ4v) is 5.71. The topological polar surface area (TPSA) is 92.8 Å². The number of carbonyl (C=O) groups is 2. The average molecular weight is 443 g/mol. The first-order valence-corrected chi connectivity index (χ1v) is 12.0. The van der Waals surface area contributed by atoms with E-state index in [0.717, 1.165) is 37.7 Å². The molecule has 0 unspecified atom stereocenters. The van der Waals surface area contributed by atoms with Crippen molar-refractivity contribution in [3.8, 4) is 0 Å². The van der Waals surface area contributed by atoms with E-state index in [4.69, 9.17) is 4.74 Å². The molecule has 164 valence electrons. The minimum Gasteiger partial charge on any atom is -0.452 e. The minimum atomic E-state index is -3.53. The SMILES string of the molecule is O=C(COC(=O)c1ccc(S(=O)(=O)N2CCCC2)cc1)N[C@@H]1CCCc2ccccc21. The highest BCUT2D eigenvalue weighted by Gasteiger charge is 2.27. The summed E-state index contributed by atoms with van der Waals surface area (Å²) in [6.45, 7) is 0.657. The van der Waals surface area contributed by atoms with Gasteiger partial charge in [-0.3, -0.25) is 4.79 Å². The van der Waals surface area contributed by atoms with E-state index in [0.29, 0.717) is 13.1 Å². The summed E-state index contributed by atoms with van der Waals surface area (Å²) in [5.41, 5.74) is 2.56. The van der Waals surface area contributed by atoms with Crippen LogP contribution in [0.2, 0.25) is 0 Å². The van der Waals surface area contributed by atoms with Gasteiger partial charge in [0.15, 0.2) is 6.61 Å². The Hall–Kier alpha value is -2.71. The fraction of sp³-hybridized carbons (Fsp3) is 0.391. The van der Waals surface area contributed by atoms with Crippen molar-refractivity contribution in [2.24, 2.45) is 0 Å². The second kappa shape index (κ2) is 9.20. The Morgan fingerprint density at radius 3 is 2.45 bits per heavy atom. The molecule has 1 atom stereocenters. The van der Waals surface area contributed by atoms with Crippen LogP contribution in [0.1, 0.15) is 53.2 Å². The zero-order valence-electron chi connectivity index (χ0n) is 17.2. The Morgan fingerprint density at radius 1 is 1.00 bits per heavy atom. The van der Waals surface area contributed by atoms with Crippen LogP contribution in [0.25, 0.3) is 0 Å². The lowest BCUT2D eigenvalue weighted by Gasteiger charge is -2.26. The maximum Gasteiger partial charge on any atom is 0.338 e. The lowest BCUT2D eigenvalue weighted by atomic mass is 9.88. The number of hydrogen-bond acceptors (Lipinski definition) is 5. The second-order valence-corrected chi connectivity index (χ2v) is 9.86. The van der Waals surface area contributed by atoms with Crippen LogP contribution in [-0.4, -0.2) is 44.3 Å². The highest BCUT2D eigenvalue weighted by molar-refractivity contribution is 7.89. The number of ether oxygens (including phenoxy) is 1. The van der Waals surface area contributed by atoms with Crippen molar-refractivity contribution in [2.45, 2.75) is 43.0 Å². The van der Waals surface area contributed by atoms with E-state index in [1.165, 1.54) is 34.1 Å². The van der Waals surface area contributed by atoms with Crippen molar-refractivity contribution in [1.29, 1.82) is 0 Å². The van der Waals surface area contributed by atoms with Gasteiger partial charge in [-0.1, -0.05) is 24.3 Å². The highest BCUT2D eigenvalue weighted by Crippen LogP contribution is 2.29. The highest BCUT2D eigenvalue weighted by atomic mass is 32.2. The van der Waals surface area contributed by atoms with Gasteiger partial charge in [-0.2, -0.15) is 4.31 Å². The quantitative estimate of drug-likeness (QED) is 0.695. The molecule has 2 aromatic rings. The van der Waals surface area contributed by atoms with E-state index in [-0.39, 0.29) is 29.0 Å². The van der Waals surface area contributed by atoms with Crippen LogP contribution >= 0.6 is 0 Å². The molecule has 1 amide bonds. The third-order valence-electron chi connectivity index (χ3n) is 5.83. The Kier molecular flexibility index (Phi) is 6.38. The van der Waals surface area contributed by atoms with Crippen LogP contribution in [0.3, 0.4) is 0 Å². The maximum absolute atomic E-state index is 12.6. The zero-order valence-corrected chi connectivity index (χ0v) is 18.1. The van der Waals surface area contributed by atoms with E-state index >= 15 is 0 Å². The molecule has 1 aliphatic carbocycles. The van der Waals surface area contributed by atoms with E-state index in [2.05, 4.69) is 11.4 Å². The molecular formula is C23H26N2O5S. The van der Waals surface area contributed by atoms with Gasteiger partial charge in [0.25, 0.3) is 5.91 Å². The standard InChI is InChI=1S/C23H26N2O5S/c26-22(24-21-9-5-7-17-6-1-2-8-20(17)21)16-30-23(27)18-10-12-19(13-11-18)31(28,29)25-14-3-4-15-25/h1-2,6,8,10-13,21H,3-5,7,9,14-16H2,(H,24,26)/t21-/m1/s1. The summed E-state index contributed by atoms with van der Waals surface area (Å²) in [6.07, 6.45) is 4.56. The molecular weight excluding hydrogens is 416 g/mol. The molecule has 2 aliphatic rings. The molecule has 0 radical (unpaired) electrons. The molecule has 0 spiro atoms. The van der Waals surface area contributed by atoms with Crippen molar-refractivity contribution in [1.82, 2.24) is 9.62 Å². The third-order valence-corrected chi connectivity index (χ3v) is 7.74.